The highest BCUT2D eigenvalue weighted by atomic mass is 16.5. The zero-order valence-corrected chi connectivity index (χ0v) is 11.1. The van der Waals surface area contributed by atoms with Gasteiger partial charge in [-0.2, -0.15) is 0 Å². The maximum Gasteiger partial charge on any atom is 0.301 e. The molecule has 0 aliphatic rings. The third-order valence-electron chi connectivity index (χ3n) is 2.62. The van der Waals surface area contributed by atoms with Crippen LogP contribution >= 0.6 is 0 Å². The van der Waals surface area contributed by atoms with E-state index in [1.807, 2.05) is 30.5 Å². The van der Waals surface area contributed by atoms with E-state index in [-0.39, 0.29) is 12.4 Å². The molecule has 1 heterocycles. The summed E-state index contributed by atoms with van der Waals surface area (Å²) in [5, 5.41) is 0. The van der Waals surface area contributed by atoms with Gasteiger partial charge in [-0.05, 0) is 25.1 Å². The molecule has 0 unspecified atom stereocenters. The highest BCUT2D eigenvalue weighted by molar-refractivity contribution is 5.92. The van der Waals surface area contributed by atoms with Crippen LogP contribution in [0.3, 0.4) is 0 Å². The molecule has 6 nitrogen and oxygen atoms in total. The molecule has 0 radical (unpaired) electrons. The number of ether oxygens (including phenoxy) is 2. The summed E-state index contributed by atoms with van der Waals surface area (Å²) in [5.41, 5.74) is 2.64. The van der Waals surface area contributed by atoms with Gasteiger partial charge in [0, 0.05) is 5.56 Å². The minimum Gasteiger partial charge on any atom is -0.490 e. The summed E-state index contributed by atoms with van der Waals surface area (Å²) in [6.07, 6.45) is 1.41. The highest BCUT2D eigenvalue weighted by Crippen LogP contribution is 2.27. The lowest BCUT2D eigenvalue weighted by molar-refractivity contribution is 0.0922. The van der Waals surface area contributed by atoms with Crippen molar-refractivity contribution in [2.45, 2.75) is 13.5 Å². The van der Waals surface area contributed by atoms with E-state index in [4.69, 9.17) is 19.7 Å². The van der Waals surface area contributed by atoms with E-state index in [1.54, 1.807) is 12.1 Å². The van der Waals surface area contributed by atoms with Gasteiger partial charge in [-0.25, -0.2) is 5.84 Å². The molecule has 0 saturated heterocycles. The lowest BCUT2D eigenvalue weighted by atomic mass is 10.2. The number of carbonyl (C=O) groups excluding carboxylic acids is 1. The van der Waals surface area contributed by atoms with Crippen LogP contribution in [0.15, 0.2) is 41.0 Å². The van der Waals surface area contributed by atoms with Gasteiger partial charge < -0.3 is 13.9 Å². The molecule has 0 bridgehead atoms. The van der Waals surface area contributed by atoms with Crippen molar-refractivity contribution in [3.05, 3.63) is 47.9 Å². The van der Waals surface area contributed by atoms with E-state index in [0.717, 1.165) is 0 Å². The second kappa shape index (κ2) is 6.63. The van der Waals surface area contributed by atoms with E-state index in [0.29, 0.717) is 23.7 Å². The van der Waals surface area contributed by atoms with Crippen LogP contribution in [0.25, 0.3) is 0 Å². The molecule has 1 amide bonds. The summed E-state index contributed by atoms with van der Waals surface area (Å²) >= 11 is 0. The van der Waals surface area contributed by atoms with E-state index in [9.17, 15) is 4.79 Å². The third-order valence-corrected chi connectivity index (χ3v) is 2.62. The van der Waals surface area contributed by atoms with Crippen LogP contribution < -0.4 is 20.7 Å². The predicted octanol–water partition coefficient (Wildman–Crippen LogP) is 1.86. The van der Waals surface area contributed by atoms with Gasteiger partial charge in [0.1, 0.15) is 6.61 Å². The number of hydrogen-bond acceptors (Lipinski definition) is 5. The van der Waals surface area contributed by atoms with E-state index in [2.05, 4.69) is 0 Å². The molecule has 2 rings (SSSR count). The molecule has 1 aromatic heterocycles. The van der Waals surface area contributed by atoms with E-state index < -0.39 is 5.91 Å². The first-order valence-corrected chi connectivity index (χ1v) is 6.18. The van der Waals surface area contributed by atoms with Crippen molar-refractivity contribution >= 4 is 5.91 Å². The predicted molar refractivity (Wildman–Crippen MR) is 72.3 cm³/mol. The molecule has 6 heteroatoms. The van der Waals surface area contributed by atoms with Crippen molar-refractivity contribution in [3.8, 4) is 11.5 Å². The Labute approximate surface area is 116 Å². The molecular formula is C14H16N2O4. The number of para-hydroxylation sites is 2. The minimum atomic E-state index is -0.494. The van der Waals surface area contributed by atoms with Crippen LogP contribution in [0.2, 0.25) is 0 Å². The van der Waals surface area contributed by atoms with Crippen LogP contribution in [-0.2, 0) is 6.61 Å². The van der Waals surface area contributed by atoms with Gasteiger partial charge in [0.2, 0.25) is 0 Å². The molecular weight excluding hydrogens is 260 g/mol. The van der Waals surface area contributed by atoms with Crippen molar-refractivity contribution in [1.82, 2.24) is 5.43 Å². The normalized spacial score (nSPS) is 10.1. The van der Waals surface area contributed by atoms with Crippen LogP contribution in [0, 0.1) is 0 Å². The Kier molecular flexibility index (Phi) is 4.62. The number of hydrogen-bond donors (Lipinski definition) is 2. The number of amides is 1. The van der Waals surface area contributed by atoms with Crippen molar-refractivity contribution < 1.29 is 18.7 Å². The molecule has 2 aromatic rings. The van der Waals surface area contributed by atoms with Gasteiger partial charge in [-0.15, -0.1) is 0 Å². The average molecular weight is 276 g/mol. The second-order valence-corrected chi connectivity index (χ2v) is 3.92. The molecule has 106 valence electrons. The quantitative estimate of drug-likeness (QED) is 0.478. The van der Waals surface area contributed by atoms with Crippen LogP contribution in [0.5, 0.6) is 11.5 Å². The second-order valence-electron chi connectivity index (χ2n) is 3.92. The molecule has 0 fully saturated rings. The summed E-state index contributed by atoms with van der Waals surface area (Å²) in [6, 6.07) is 8.99. The summed E-state index contributed by atoms with van der Waals surface area (Å²) in [7, 11) is 0. The van der Waals surface area contributed by atoms with Crippen molar-refractivity contribution in [2.75, 3.05) is 6.61 Å². The van der Waals surface area contributed by atoms with Crippen molar-refractivity contribution in [2.24, 2.45) is 5.84 Å². The topological polar surface area (TPSA) is 86.7 Å². The Bertz CT molecular complexity index is 580. The SMILES string of the molecule is CCOc1ccccc1OCc1ccoc1C(=O)NN. The Morgan fingerprint density at radius 3 is 2.60 bits per heavy atom. The maximum absolute atomic E-state index is 11.5. The molecule has 3 N–H and O–H groups in total. The first kappa shape index (κ1) is 14.0. The fourth-order valence-corrected chi connectivity index (χ4v) is 1.71. The first-order valence-electron chi connectivity index (χ1n) is 6.18. The lowest BCUT2D eigenvalue weighted by Gasteiger charge is -2.11. The molecule has 0 saturated carbocycles. The van der Waals surface area contributed by atoms with Gasteiger partial charge in [0.25, 0.3) is 0 Å². The zero-order chi connectivity index (χ0) is 14.4. The summed E-state index contributed by atoms with van der Waals surface area (Å²) < 4.78 is 16.2. The fraction of sp³-hybridized carbons (Fsp3) is 0.214. The molecule has 20 heavy (non-hydrogen) atoms. The van der Waals surface area contributed by atoms with Crippen molar-refractivity contribution in [1.29, 1.82) is 0 Å². The van der Waals surface area contributed by atoms with Crippen LogP contribution in [0.4, 0.5) is 0 Å². The van der Waals surface area contributed by atoms with Crippen LogP contribution in [-0.4, -0.2) is 12.5 Å². The van der Waals surface area contributed by atoms with Gasteiger partial charge in [0.15, 0.2) is 17.3 Å². The molecule has 0 aliphatic carbocycles. The van der Waals surface area contributed by atoms with Crippen LogP contribution in [0.1, 0.15) is 23.0 Å². The number of nitrogens with one attached hydrogen (secondary N) is 1. The Balaban J connectivity index is 2.09. The number of carbonyl (C=O) groups is 1. The lowest BCUT2D eigenvalue weighted by Crippen LogP contribution is -2.30. The largest absolute Gasteiger partial charge is 0.490 e. The molecule has 1 aromatic carbocycles. The standard InChI is InChI=1S/C14H16N2O4/c1-2-18-11-5-3-4-6-12(11)20-9-10-7-8-19-13(10)14(17)16-15/h3-8H,2,9,15H2,1H3,(H,16,17). The molecule has 0 aliphatic heterocycles. The number of rotatable bonds is 6. The first-order chi connectivity index (χ1) is 9.76. The van der Waals surface area contributed by atoms with Gasteiger partial charge in [-0.1, -0.05) is 12.1 Å². The molecule has 0 spiro atoms. The third kappa shape index (κ3) is 3.10. The molecule has 0 atom stereocenters. The Morgan fingerprint density at radius 2 is 1.95 bits per heavy atom. The highest BCUT2D eigenvalue weighted by Gasteiger charge is 2.15. The fourth-order valence-electron chi connectivity index (χ4n) is 1.71. The average Bonchev–Trinajstić information content (AvgIpc) is 2.94. The zero-order valence-electron chi connectivity index (χ0n) is 11.1. The summed E-state index contributed by atoms with van der Waals surface area (Å²) in [6.45, 7) is 2.63. The Hall–Kier alpha value is -2.47. The summed E-state index contributed by atoms with van der Waals surface area (Å²) in [5.74, 6) is 5.99. The number of hydrazine groups is 1. The number of nitrogen functional groups attached to an aromatic ring is 1. The van der Waals surface area contributed by atoms with E-state index >= 15 is 0 Å². The van der Waals surface area contributed by atoms with E-state index in [1.165, 1.54) is 6.26 Å². The van der Waals surface area contributed by atoms with Gasteiger partial charge in [0.05, 0.1) is 12.9 Å². The minimum absolute atomic E-state index is 0.140. The number of nitrogens with two attached hydrogens (primary N) is 1. The maximum atomic E-state index is 11.5. The van der Waals surface area contributed by atoms with Gasteiger partial charge >= 0.3 is 5.91 Å². The van der Waals surface area contributed by atoms with Gasteiger partial charge in [-0.3, -0.25) is 10.2 Å². The smallest absolute Gasteiger partial charge is 0.301 e. The number of furan rings is 1. The summed E-state index contributed by atoms with van der Waals surface area (Å²) in [4.78, 5) is 11.5. The van der Waals surface area contributed by atoms with Crippen molar-refractivity contribution in [3.63, 3.8) is 0 Å². The monoisotopic (exact) mass is 276 g/mol. The Morgan fingerprint density at radius 1 is 1.25 bits per heavy atom. The number of benzene rings is 1.